The van der Waals surface area contributed by atoms with Crippen LogP contribution in [-0.4, -0.2) is 64.1 Å². The lowest BCUT2D eigenvalue weighted by Gasteiger charge is -2.28. The first kappa shape index (κ1) is 21.1. The van der Waals surface area contributed by atoms with Gasteiger partial charge in [0.15, 0.2) is 9.84 Å². The van der Waals surface area contributed by atoms with E-state index in [1.807, 2.05) is 0 Å². The maximum atomic E-state index is 12.3. The first-order valence-electron chi connectivity index (χ1n) is 7.48. The minimum absolute atomic E-state index is 0.0223. The van der Waals surface area contributed by atoms with Gasteiger partial charge in [-0.3, -0.25) is 9.59 Å². The van der Waals surface area contributed by atoms with Crippen molar-refractivity contribution < 1.29 is 32.6 Å². The van der Waals surface area contributed by atoms with Gasteiger partial charge in [-0.05, 0) is 31.2 Å². The number of hydrogen-bond acceptors (Lipinski definition) is 6. The molecule has 0 aliphatic carbocycles. The molecule has 1 aromatic carbocycles. The monoisotopic (exact) mass is 373 g/mol. The summed E-state index contributed by atoms with van der Waals surface area (Å²) in [6, 6.07) is 5.43. The Bertz CT molecular complexity index is 700. The summed E-state index contributed by atoms with van der Waals surface area (Å²) in [6.07, 6.45) is -0.309. The van der Waals surface area contributed by atoms with Gasteiger partial charge in [-0.2, -0.15) is 0 Å². The van der Waals surface area contributed by atoms with Gasteiger partial charge in [-0.25, -0.2) is 8.42 Å². The molecule has 140 valence electrons. The summed E-state index contributed by atoms with van der Waals surface area (Å²) in [5.41, 5.74) is -0.862. The molecule has 0 saturated carbocycles. The second-order valence-corrected chi connectivity index (χ2v) is 7.96. The third kappa shape index (κ3) is 6.45. The highest BCUT2D eigenvalue weighted by molar-refractivity contribution is 7.91. The molecule has 0 heterocycles. The zero-order chi connectivity index (χ0) is 19.1. The molecule has 0 aliphatic heterocycles. The van der Waals surface area contributed by atoms with Crippen molar-refractivity contribution in [2.24, 2.45) is 0 Å². The van der Waals surface area contributed by atoms with Crippen molar-refractivity contribution in [2.45, 2.75) is 23.8 Å². The third-order valence-corrected chi connectivity index (χ3v) is 5.15. The summed E-state index contributed by atoms with van der Waals surface area (Å²) >= 11 is 0. The Kier molecular flexibility index (Phi) is 7.53. The van der Waals surface area contributed by atoms with Gasteiger partial charge in [0.1, 0.15) is 0 Å². The number of hydrogen-bond donors (Lipinski definition) is 2. The van der Waals surface area contributed by atoms with E-state index in [-0.39, 0.29) is 35.8 Å². The summed E-state index contributed by atoms with van der Waals surface area (Å²) in [7, 11) is -0.657. The molecule has 1 aromatic rings. The van der Waals surface area contributed by atoms with Gasteiger partial charge in [0, 0.05) is 19.8 Å². The van der Waals surface area contributed by atoms with E-state index in [0.717, 1.165) is 0 Å². The molecule has 0 saturated heterocycles. The molecule has 25 heavy (non-hydrogen) atoms. The van der Waals surface area contributed by atoms with Crippen molar-refractivity contribution in [1.29, 1.82) is 0 Å². The number of carboxylic acids is 1. The molecule has 0 aromatic heterocycles. The highest BCUT2D eigenvalue weighted by Crippen LogP contribution is 2.15. The summed E-state index contributed by atoms with van der Waals surface area (Å²) in [4.78, 5) is 23.4. The Labute approximate surface area is 147 Å². The van der Waals surface area contributed by atoms with Gasteiger partial charge >= 0.3 is 5.97 Å². The molecule has 1 rings (SSSR count). The van der Waals surface area contributed by atoms with E-state index >= 15 is 0 Å². The van der Waals surface area contributed by atoms with Crippen LogP contribution in [0.25, 0.3) is 0 Å². The minimum atomic E-state index is -3.48. The zero-order valence-corrected chi connectivity index (χ0v) is 15.3. The number of carbonyl (C=O) groups excluding carboxylic acids is 1. The van der Waals surface area contributed by atoms with Crippen molar-refractivity contribution in [3.63, 3.8) is 0 Å². The number of benzene rings is 1. The van der Waals surface area contributed by atoms with Gasteiger partial charge in [-0.1, -0.05) is 0 Å². The van der Waals surface area contributed by atoms with Gasteiger partial charge < -0.3 is 19.9 Å². The molecule has 0 aliphatic rings. The molecule has 0 fully saturated rings. The lowest BCUT2D eigenvalue weighted by atomic mass is 9.98. The first-order chi connectivity index (χ1) is 11.6. The highest BCUT2D eigenvalue weighted by Gasteiger charge is 2.30. The second kappa shape index (κ2) is 8.93. The van der Waals surface area contributed by atoms with Crippen molar-refractivity contribution >= 4 is 21.7 Å². The summed E-state index contributed by atoms with van der Waals surface area (Å²) < 4.78 is 33.8. The van der Waals surface area contributed by atoms with E-state index in [9.17, 15) is 18.0 Å². The van der Waals surface area contributed by atoms with Gasteiger partial charge in [0.2, 0.25) is 0 Å². The Hall–Kier alpha value is -1.97. The Balaban J connectivity index is 2.91. The molecule has 1 unspecified atom stereocenters. The average Bonchev–Trinajstić information content (AvgIpc) is 2.52. The number of ether oxygens (including phenoxy) is 2. The van der Waals surface area contributed by atoms with Crippen LogP contribution in [0.2, 0.25) is 0 Å². The number of amides is 1. The molecule has 1 atom stereocenters. The minimum Gasteiger partial charge on any atom is -0.481 e. The van der Waals surface area contributed by atoms with Crippen LogP contribution in [0.4, 0.5) is 0 Å². The standard InChI is InChI=1S/C16H23NO7S/c1-16(11-24-3,10-14(18)19)17-15(20)12-4-6-13(7-5-12)25(21,22)9-8-23-2/h4-7H,8-11H2,1-3H3,(H,17,20)(H,18,19). The zero-order valence-electron chi connectivity index (χ0n) is 14.4. The topological polar surface area (TPSA) is 119 Å². The van der Waals surface area contributed by atoms with Gasteiger partial charge in [0.05, 0.1) is 35.8 Å². The lowest BCUT2D eigenvalue weighted by Crippen LogP contribution is -2.50. The molecule has 0 spiro atoms. The number of carbonyl (C=O) groups is 2. The number of aliphatic carboxylic acids is 1. The maximum absolute atomic E-state index is 12.3. The van der Waals surface area contributed by atoms with Crippen LogP contribution < -0.4 is 5.32 Å². The SMILES string of the molecule is COCCS(=O)(=O)c1ccc(C(=O)NC(C)(COC)CC(=O)O)cc1. The second-order valence-electron chi connectivity index (χ2n) is 5.85. The van der Waals surface area contributed by atoms with Crippen molar-refractivity contribution in [3.8, 4) is 0 Å². The first-order valence-corrected chi connectivity index (χ1v) is 9.14. The number of nitrogens with one attached hydrogen (secondary N) is 1. The lowest BCUT2D eigenvalue weighted by molar-refractivity contribution is -0.139. The van der Waals surface area contributed by atoms with E-state index in [1.165, 1.54) is 38.5 Å². The fourth-order valence-electron chi connectivity index (χ4n) is 2.25. The summed E-state index contributed by atoms with van der Waals surface area (Å²) in [6.45, 7) is 1.66. The Morgan fingerprint density at radius 2 is 1.76 bits per heavy atom. The van der Waals surface area contributed by atoms with Gasteiger partial charge in [0.25, 0.3) is 5.91 Å². The van der Waals surface area contributed by atoms with Crippen LogP contribution in [0.3, 0.4) is 0 Å². The fourth-order valence-corrected chi connectivity index (χ4v) is 3.43. The number of methoxy groups -OCH3 is 2. The van der Waals surface area contributed by atoms with Crippen LogP contribution in [0.5, 0.6) is 0 Å². The Morgan fingerprint density at radius 3 is 2.24 bits per heavy atom. The van der Waals surface area contributed by atoms with Crippen molar-refractivity contribution in [1.82, 2.24) is 5.32 Å². The van der Waals surface area contributed by atoms with Crippen LogP contribution in [0, 0.1) is 0 Å². The smallest absolute Gasteiger partial charge is 0.305 e. The van der Waals surface area contributed by atoms with Gasteiger partial charge in [-0.15, -0.1) is 0 Å². The molecule has 0 bridgehead atoms. The highest BCUT2D eigenvalue weighted by atomic mass is 32.2. The van der Waals surface area contributed by atoms with E-state index in [1.54, 1.807) is 6.92 Å². The average molecular weight is 373 g/mol. The predicted octanol–water partition coefficient (Wildman–Crippen LogP) is 0.716. The number of carboxylic acid groups (broad SMARTS) is 1. The van der Waals surface area contributed by atoms with E-state index in [4.69, 9.17) is 14.6 Å². The maximum Gasteiger partial charge on any atom is 0.305 e. The summed E-state index contributed by atoms with van der Waals surface area (Å²) in [5, 5.41) is 11.6. The molecule has 2 N–H and O–H groups in total. The fraction of sp³-hybridized carbons (Fsp3) is 0.500. The van der Waals surface area contributed by atoms with Crippen molar-refractivity contribution in [2.75, 3.05) is 33.2 Å². The van der Waals surface area contributed by atoms with Crippen LogP contribution >= 0.6 is 0 Å². The van der Waals surface area contributed by atoms with E-state index in [0.29, 0.717) is 0 Å². The van der Waals surface area contributed by atoms with Crippen LogP contribution in [0.1, 0.15) is 23.7 Å². The number of rotatable bonds is 10. The molecule has 1 amide bonds. The normalized spacial score (nSPS) is 13.9. The predicted molar refractivity (Wildman–Crippen MR) is 90.4 cm³/mol. The number of sulfone groups is 1. The molecule has 8 nitrogen and oxygen atoms in total. The molecular weight excluding hydrogens is 350 g/mol. The van der Waals surface area contributed by atoms with Crippen LogP contribution in [-0.2, 0) is 24.1 Å². The quantitative estimate of drug-likeness (QED) is 0.620. The third-order valence-electron chi connectivity index (χ3n) is 3.45. The Morgan fingerprint density at radius 1 is 1.16 bits per heavy atom. The largest absolute Gasteiger partial charge is 0.481 e. The summed E-state index contributed by atoms with van der Waals surface area (Å²) in [5.74, 6) is -1.74. The van der Waals surface area contributed by atoms with Crippen molar-refractivity contribution in [3.05, 3.63) is 29.8 Å². The van der Waals surface area contributed by atoms with Crippen LogP contribution in [0.15, 0.2) is 29.2 Å². The van der Waals surface area contributed by atoms with E-state index < -0.39 is 27.3 Å². The molecule has 0 radical (unpaired) electrons. The molecular formula is C16H23NO7S. The van der Waals surface area contributed by atoms with E-state index in [2.05, 4.69) is 5.32 Å². The molecule has 9 heteroatoms.